The fourth-order valence-corrected chi connectivity index (χ4v) is 5.01. The maximum absolute atomic E-state index is 13.7. The van der Waals surface area contributed by atoms with Crippen LogP contribution in [0.5, 0.6) is 11.5 Å². The van der Waals surface area contributed by atoms with Crippen molar-refractivity contribution in [3.05, 3.63) is 119 Å². The van der Waals surface area contributed by atoms with Gasteiger partial charge in [0, 0.05) is 23.7 Å². The highest BCUT2D eigenvalue weighted by Crippen LogP contribution is 2.43. The number of halogens is 3. The number of fused-ring (bicyclic) bond motifs is 1. The van der Waals surface area contributed by atoms with Crippen molar-refractivity contribution in [2.24, 2.45) is 0 Å². The van der Waals surface area contributed by atoms with Crippen molar-refractivity contribution in [1.82, 2.24) is 4.90 Å². The molecule has 1 aliphatic heterocycles. The maximum Gasteiger partial charge on any atom is 0.416 e. The monoisotopic (exact) mass is 517 g/mol. The number of ether oxygens (including phenoxy) is 2. The van der Waals surface area contributed by atoms with E-state index in [0.29, 0.717) is 24.5 Å². The summed E-state index contributed by atoms with van der Waals surface area (Å²) in [5.74, 6) is 0.891. The van der Waals surface area contributed by atoms with Crippen molar-refractivity contribution in [1.29, 1.82) is 0 Å². The molecule has 0 spiro atoms. The lowest BCUT2D eigenvalue weighted by molar-refractivity contribution is -0.137. The average Bonchev–Trinajstić information content (AvgIpc) is 2.95. The number of alkyl halides is 3. The third-order valence-corrected chi connectivity index (χ3v) is 6.92. The molecular weight excluding hydrogens is 491 g/mol. The number of benzene rings is 4. The summed E-state index contributed by atoms with van der Waals surface area (Å²) in [4.78, 5) is 15.5. The molecule has 0 fully saturated rings. The van der Waals surface area contributed by atoms with Crippen LogP contribution in [0.1, 0.15) is 38.7 Å². The number of methoxy groups -OCH3 is 2. The van der Waals surface area contributed by atoms with Crippen LogP contribution in [0, 0.1) is 0 Å². The van der Waals surface area contributed by atoms with Crippen LogP contribution in [-0.2, 0) is 12.6 Å². The third kappa shape index (κ3) is 4.84. The van der Waals surface area contributed by atoms with E-state index >= 15 is 0 Å². The van der Waals surface area contributed by atoms with Crippen LogP contribution >= 0.6 is 0 Å². The Morgan fingerprint density at radius 1 is 0.842 bits per heavy atom. The van der Waals surface area contributed by atoms with Crippen molar-refractivity contribution in [2.45, 2.75) is 18.6 Å². The van der Waals surface area contributed by atoms with Gasteiger partial charge in [-0.2, -0.15) is 13.2 Å². The van der Waals surface area contributed by atoms with E-state index < -0.39 is 17.8 Å². The quantitative estimate of drug-likeness (QED) is 0.282. The van der Waals surface area contributed by atoms with Gasteiger partial charge in [-0.3, -0.25) is 4.79 Å². The highest BCUT2D eigenvalue weighted by molar-refractivity contribution is 5.95. The fraction of sp³-hybridized carbons (Fsp3) is 0.194. The lowest BCUT2D eigenvalue weighted by atomic mass is 9.86. The van der Waals surface area contributed by atoms with Gasteiger partial charge in [-0.15, -0.1) is 0 Å². The van der Waals surface area contributed by atoms with E-state index in [-0.39, 0.29) is 11.5 Å². The largest absolute Gasteiger partial charge is 0.497 e. The first kappa shape index (κ1) is 25.4. The smallest absolute Gasteiger partial charge is 0.416 e. The Hall–Kier alpha value is -4.26. The molecule has 0 bridgehead atoms. The van der Waals surface area contributed by atoms with E-state index in [0.717, 1.165) is 39.9 Å². The average molecular weight is 518 g/mol. The Balaban J connectivity index is 1.59. The zero-order valence-electron chi connectivity index (χ0n) is 21.0. The zero-order valence-corrected chi connectivity index (χ0v) is 21.0. The normalized spacial score (nSPS) is 15.1. The zero-order chi connectivity index (χ0) is 26.9. The van der Waals surface area contributed by atoms with E-state index in [1.165, 1.54) is 12.1 Å². The molecule has 0 saturated carbocycles. The molecule has 38 heavy (non-hydrogen) atoms. The van der Waals surface area contributed by atoms with E-state index in [2.05, 4.69) is 0 Å². The number of hydrogen-bond acceptors (Lipinski definition) is 3. The summed E-state index contributed by atoms with van der Waals surface area (Å²) in [6.07, 6.45) is -3.92. The molecule has 194 valence electrons. The van der Waals surface area contributed by atoms with Crippen LogP contribution in [0.4, 0.5) is 13.2 Å². The Kier molecular flexibility index (Phi) is 6.85. The van der Waals surface area contributed by atoms with Gasteiger partial charge in [0.25, 0.3) is 5.91 Å². The Morgan fingerprint density at radius 2 is 1.50 bits per heavy atom. The van der Waals surface area contributed by atoms with Crippen LogP contribution in [0.15, 0.2) is 91.0 Å². The molecule has 4 aromatic rings. The molecule has 7 heteroatoms. The third-order valence-electron chi connectivity index (χ3n) is 6.92. The van der Waals surface area contributed by atoms with Crippen LogP contribution in [0.25, 0.3) is 11.1 Å². The lowest BCUT2D eigenvalue weighted by Crippen LogP contribution is -2.41. The van der Waals surface area contributed by atoms with Gasteiger partial charge in [0.15, 0.2) is 0 Å². The van der Waals surface area contributed by atoms with E-state index in [9.17, 15) is 18.0 Å². The molecule has 5 rings (SSSR count). The van der Waals surface area contributed by atoms with Gasteiger partial charge in [0.05, 0.1) is 25.8 Å². The Morgan fingerprint density at radius 3 is 2.11 bits per heavy atom. The molecule has 1 aliphatic rings. The van der Waals surface area contributed by atoms with Crippen molar-refractivity contribution in [3.8, 4) is 22.6 Å². The number of carbonyl (C=O) groups excluding carboxylic acids is 1. The van der Waals surface area contributed by atoms with E-state index in [1.807, 2.05) is 60.7 Å². The SMILES string of the molecule is COc1cc2c(c(OC)c1)C(c1ccc(-c3ccccc3)cc1)N(C(=O)c1ccc(C(F)(F)F)cc1)CC2. The molecule has 0 N–H and O–H groups in total. The van der Waals surface area contributed by atoms with Crippen LogP contribution in [-0.4, -0.2) is 31.6 Å². The van der Waals surface area contributed by atoms with Crippen LogP contribution < -0.4 is 9.47 Å². The van der Waals surface area contributed by atoms with Gasteiger partial charge in [0.1, 0.15) is 11.5 Å². The summed E-state index contributed by atoms with van der Waals surface area (Å²) < 4.78 is 50.5. The predicted octanol–water partition coefficient (Wildman–Crippen LogP) is 7.18. The van der Waals surface area contributed by atoms with Crippen LogP contribution in [0.3, 0.4) is 0 Å². The Bertz CT molecular complexity index is 1420. The second-order valence-corrected chi connectivity index (χ2v) is 9.12. The second kappa shape index (κ2) is 10.2. The van der Waals surface area contributed by atoms with Gasteiger partial charge >= 0.3 is 6.18 Å². The van der Waals surface area contributed by atoms with Crippen molar-refractivity contribution >= 4 is 5.91 Å². The summed E-state index contributed by atoms with van der Waals surface area (Å²) in [5, 5.41) is 0. The molecule has 0 radical (unpaired) electrons. The highest BCUT2D eigenvalue weighted by Gasteiger charge is 2.36. The maximum atomic E-state index is 13.7. The number of hydrogen-bond donors (Lipinski definition) is 0. The molecular formula is C31H26F3NO3. The first-order valence-corrected chi connectivity index (χ1v) is 12.2. The predicted molar refractivity (Wildman–Crippen MR) is 139 cm³/mol. The summed E-state index contributed by atoms with van der Waals surface area (Å²) in [6.45, 7) is 0.383. The lowest BCUT2D eigenvalue weighted by Gasteiger charge is -2.39. The number of rotatable bonds is 5. The minimum atomic E-state index is -4.47. The standard InChI is InChI=1S/C31H26F3NO3/c1-37-26-18-24-16-17-35(30(36)23-12-14-25(15-13-23)31(32,33)34)29(28(24)27(19-26)38-2)22-10-8-21(9-11-22)20-6-4-3-5-7-20/h3-15,18-19,29H,16-17H2,1-2H3. The number of nitrogens with zero attached hydrogens (tertiary/aromatic N) is 1. The molecule has 0 aliphatic carbocycles. The summed E-state index contributed by atoms with van der Waals surface area (Å²) in [5.41, 5.74) is 4.21. The van der Waals surface area contributed by atoms with Gasteiger partial charge in [0.2, 0.25) is 0 Å². The second-order valence-electron chi connectivity index (χ2n) is 9.12. The molecule has 4 aromatic carbocycles. The fourth-order valence-electron chi connectivity index (χ4n) is 5.01. The van der Waals surface area contributed by atoms with Crippen molar-refractivity contribution in [3.63, 3.8) is 0 Å². The number of amides is 1. The molecule has 1 atom stereocenters. The van der Waals surface area contributed by atoms with E-state index in [1.54, 1.807) is 25.2 Å². The van der Waals surface area contributed by atoms with Gasteiger partial charge in [-0.1, -0.05) is 54.6 Å². The molecule has 1 heterocycles. The number of carbonyl (C=O) groups is 1. The molecule has 0 aromatic heterocycles. The van der Waals surface area contributed by atoms with Gasteiger partial charge in [-0.25, -0.2) is 0 Å². The van der Waals surface area contributed by atoms with Gasteiger partial charge < -0.3 is 14.4 Å². The molecule has 1 amide bonds. The summed E-state index contributed by atoms with van der Waals surface area (Å²) in [6, 6.07) is 25.6. The van der Waals surface area contributed by atoms with E-state index in [4.69, 9.17) is 9.47 Å². The minimum Gasteiger partial charge on any atom is -0.497 e. The molecule has 0 saturated heterocycles. The van der Waals surface area contributed by atoms with Crippen molar-refractivity contribution < 1.29 is 27.4 Å². The van der Waals surface area contributed by atoms with Crippen molar-refractivity contribution in [2.75, 3.05) is 20.8 Å². The summed E-state index contributed by atoms with van der Waals surface area (Å²) >= 11 is 0. The van der Waals surface area contributed by atoms with Gasteiger partial charge in [-0.05, 0) is 59.0 Å². The molecule has 1 unspecified atom stereocenters. The minimum absolute atomic E-state index is 0.194. The van der Waals surface area contributed by atoms with Crippen LogP contribution in [0.2, 0.25) is 0 Å². The first-order chi connectivity index (χ1) is 18.3. The Labute approximate surface area is 219 Å². The highest BCUT2D eigenvalue weighted by atomic mass is 19.4. The summed E-state index contributed by atoms with van der Waals surface area (Å²) in [7, 11) is 3.16. The molecule has 4 nitrogen and oxygen atoms in total. The topological polar surface area (TPSA) is 38.8 Å². The first-order valence-electron chi connectivity index (χ1n) is 12.2.